The van der Waals surface area contributed by atoms with Gasteiger partial charge in [0.15, 0.2) is 5.13 Å². The summed E-state index contributed by atoms with van der Waals surface area (Å²) in [6, 6.07) is -0.305. The lowest BCUT2D eigenvalue weighted by Crippen LogP contribution is -2.47. The first-order valence-electron chi connectivity index (χ1n) is 5.43. The van der Waals surface area contributed by atoms with Crippen LogP contribution >= 0.6 is 11.3 Å². The molecule has 0 radical (unpaired) electrons. The number of rotatable bonds is 4. The molecule has 4 N–H and O–H groups in total. The first kappa shape index (κ1) is 13.9. The summed E-state index contributed by atoms with van der Waals surface area (Å²) in [5.74, 6) is -0.133. The third-order valence-electron chi connectivity index (χ3n) is 2.67. The molecular weight excluding hydrogens is 238 g/mol. The molecule has 0 saturated carbocycles. The van der Waals surface area contributed by atoms with Crippen molar-refractivity contribution in [2.24, 2.45) is 0 Å². The van der Waals surface area contributed by atoms with Gasteiger partial charge in [-0.2, -0.15) is 0 Å². The Balaban J connectivity index is 2.59. The van der Waals surface area contributed by atoms with Crippen LogP contribution in [0.4, 0.5) is 5.13 Å². The Hall–Kier alpha value is -1.14. The Bertz CT molecular complexity index is 409. The summed E-state index contributed by atoms with van der Waals surface area (Å²) in [7, 11) is 0. The first-order chi connectivity index (χ1) is 7.70. The quantitative estimate of drug-likeness (QED) is 0.746. The molecule has 6 heteroatoms. The van der Waals surface area contributed by atoms with Crippen LogP contribution in [0.25, 0.3) is 0 Å². The summed E-state index contributed by atoms with van der Waals surface area (Å²) in [5, 5.41) is 12.9. The molecule has 1 aromatic heterocycles. The van der Waals surface area contributed by atoms with Gasteiger partial charge in [0.2, 0.25) is 5.91 Å². The number of nitrogens with zero attached hydrogens (tertiary/aromatic N) is 1. The van der Waals surface area contributed by atoms with Crippen molar-refractivity contribution in [3.05, 3.63) is 10.6 Å². The van der Waals surface area contributed by atoms with Crippen LogP contribution in [0.3, 0.4) is 0 Å². The lowest BCUT2D eigenvalue weighted by Gasteiger charge is -2.26. The highest BCUT2D eigenvalue weighted by Crippen LogP contribution is 2.20. The maximum Gasteiger partial charge on any atom is 0.225 e. The molecule has 5 nitrogen and oxygen atoms in total. The van der Waals surface area contributed by atoms with Gasteiger partial charge < -0.3 is 16.2 Å². The molecule has 0 unspecified atom stereocenters. The number of nitrogens with two attached hydrogens (primary N) is 1. The summed E-state index contributed by atoms with van der Waals surface area (Å²) in [4.78, 5) is 16.7. The van der Waals surface area contributed by atoms with Crippen molar-refractivity contribution in [2.45, 2.75) is 45.8 Å². The molecule has 96 valence electrons. The third-order valence-corrected chi connectivity index (χ3v) is 3.65. The van der Waals surface area contributed by atoms with Crippen LogP contribution in [0.5, 0.6) is 0 Å². The zero-order valence-electron chi connectivity index (χ0n) is 10.6. The monoisotopic (exact) mass is 257 g/mol. The van der Waals surface area contributed by atoms with Crippen molar-refractivity contribution < 1.29 is 9.90 Å². The van der Waals surface area contributed by atoms with Gasteiger partial charge in [0.1, 0.15) is 0 Å². The van der Waals surface area contributed by atoms with Gasteiger partial charge in [-0.05, 0) is 27.7 Å². The number of aliphatic hydroxyl groups is 1. The maximum absolute atomic E-state index is 11.7. The minimum Gasteiger partial charge on any atom is -0.388 e. The first-order valence-corrected chi connectivity index (χ1v) is 6.25. The zero-order chi connectivity index (χ0) is 13.2. The van der Waals surface area contributed by atoms with E-state index in [0.717, 1.165) is 10.6 Å². The van der Waals surface area contributed by atoms with Crippen molar-refractivity contribution in [1.82, 2.24) is 10.3 Å². The summed E-state index contributed by atoms with van der Waals surface area (Å²) in [5.41, 5.74) is 5.42. The topological polar surface area (TPSA) is 88.2 Å². The van der Waals surface area contributed by atoms with E-state index < -0.39 is 5.60 Å². The van der Waals surface area contributed by atoms with E-state index in [1.807, 2.05) is 6.92 Å². The van der Waals surface area contributed by atoms with Crippen LogP contribution < -0.4 is 11.1 Å². The predicted octanol–water partition coefficient (Wildman–Crippen LogP) is 0.852. The number of aromatic nitrogens is 1. The van der Waals surface area contributed by atoms with Gasteiger partial charge in [-0.3, -0.25) is 4.79 Å². The van der Waals surface area contributed by atoms with Crippen molar-refractivity contribution in [1.29, 1.82) is 0 Å². The van der Waals surface area contributed by atoms with Gasteiger partial charge >= 0.3 is 0 Å². The van der Waals surface area contributed by atoms with E-state index in [0.29, 0.717) is 5.13 Å². The Morgan fingerprint density at radius 3 is 2.65 bits per heavy atom. The molecule has 0 aliphatic carbocycles. The Labute approximate surface area is 105 Å². The van der Waals surface area contributed by atoms with Crippen molar-refractivity contribution in [3.63, 3.8) is 0 Å². The number of hydrogen-bond acceptors (Lipinski definition) is 5. The van der Waals surface area contributed by atoms with E-state index in [-0.39, 0.29) is 18.4 Å². The van der Waals surface area contributed by atoms with Gasteiger partial charge in [0.25, 0.3) is 0 Å². The van der Waals surface area contributed by atoms with Crippen LogP contribution in [-0.4, -0.2) is 27.6 Å². The van der Waals surface area contributed by atoms with Gasteiger partial charge in [0, 0.05) is 4.88 Å². The Morgan fingerprint density at radius 2 is 2.24 bits per heavy atom. The van der Waals surface area contributed by atoms with Gasteiger partial charge in [-0.1, -0.05) is 0 Å². The van der Waals surface area contributed by atoms with Crippen molar-refractivity contribution >= 4 is 22.4 Å². The van der Waals surface area contributed by atoms with E-state index in [4.69, 9.17) is 5.73 Å². The van der Waals surface area contributed by atoms with Crippen LogP contribution in [-0.2, 0) is 11.2 Å². The summed E-state index contributed by atoms with van der Waals surface area (Å²) >= 11 is 1.32. The van der Waals surface area contributed by atoms with E-state index in [1.54, 1.807) is 20.8 Å². The molecule has 1 heterocycles. The predicted molar refractivity (Wildman–Crippen MR) is 68.9 cm³/mol. The molecule has 17 heavy (non-hydrogen) atoms. The zero-order valence-corrected chi connectivity index (χ0v) is 11.4. The average molecular weight is 257 g/mol. The van der Waals surface area contributed by atoms with Crippen LogP contribution in [0, 0.1) is 6.92 Å². The second kappa shape index (κ2) is 5.01. The number of carbonyl (C=O) groups excluding carboxylic acids is 1. The number of amides is 1. The number of nitrogens with one attached hydrogen (secondary N) is 1. The highest BCUT2D eigenvalue weighted by molar-refractivity contribution is 7.15. The Kier molecular flexibility index (Phi) is 4.11. The highest BCUT2D eigenvalue weighted by Gasteiger charge is 2.24. The maximum atomic E-state index is 11.7. The van der Waals surface area contributed by atoms with Crippen molar-refractivity contribution in [3.8, 4) is 0 Å². The lowest BCUT2D eigenvalue weighted by molar-refractivity contribution is -0.122. The molecule has 0 bridgehead atoms. The summed E-state index contributed by atoms with van der Waals surface area (Å²) in [6.45, 7) is 6.92. The minimum absolute atomic E-state index is 0.133. The van der Waals surface area contributed by atoms with Crippen LogP contribution in [0.15, 0.2) is 0 Å². The van der Waals surface area contributed by atoms with E-state index in [1.165, 1.54) is 11.3 Å². The van der Waals surface area contributed by atoms with E-state index in [9.17, 15) is 9.90 Å². The number of hydrogen-bond donors (Lipinski definition) is 3. The van der Waals surface area contributed by atoms with E-state index in [2.05, 4.69) is 10.3 Å². The average Bonchev–Trinajstić information content (AvgIpc) is 2.43. The molecule has 0 fully saturated rings. The number of nitrogen functional groups attached to an aromatic ring is 1. The molecule has 1 aromatic rings. The normalized spacial score (nSPS) is 13.5. The molecule has 0 aromatic carbocycles. The largest absolute Gasteiger partial charge is 0.388 e. The summed E-state index contributed by atoms with van der Waals surface area (Å²) in [6.07, 6.45) is 0.251. The number of anilines is 1. The molecule has 1 rings (SSSR count). The fourth-order valence-electron chi connectivity index (χ4n) is 1.23. The second-order valence-electron chi connectivity index (χ2n) is 4.68. The fourth-order valence-corrected chi connectivity index (χ4v) is 2.06. The standard InChI is InChI=1S/C11H19N3O2S/c1-6-8(17-10(12)13-6)5-9(15)14-7(2)11(3,4)16/h7,16H,5H2,1-4H3,(H2,12,13)(H,14,15)/t7-/m1/s1. The minimum atomic E-state index is -0.933. The SMILES string of the molecule is Cc1nc(N)sc1CC(=O)N[C@H](C)C(C)(C)O. The number of aryl methyl sites for hydroxylation is 1. The van der Waals surface area contributed by atoms with Crippen molar-refractivity contribution in [2.75, 3.05) is 5.73 Å². The second-order valence-corrected chi connectivity index (χ2v) is 5.80. The molecule has 0 saturated heterocycles. The summed E-state index contributed by atoms with van der Waals surface area (Å²) < 4.78 is 0. The molecule has 0 aliphatic rings. The molecule has 1 atom stereocenters. The highest BCUT2D eigenvalue weighted by atomic mass is 32.1. The third kappa shape index (κ3) is 3.98. The fraction of sp³-hybridized carbons (Fsp3) is 0.636. The molecule has 0 aliphatic heterocycles. The molecule has 0 spiro atoms. The lowest BCUT2D eigenvalue weighted by atomic mass is 10.0. The van der Waals surface area contributed by atoms with Gasteiger partial charge in [-0.15, -0.1) is 11.3 Å². The van der Waals surface area contributed by atoms with E-state index >= 15 is 0 Å². The number of carbonyl (C=O) groups is 1. The van der Waals surface area contributed by atoms with Gasteiger partial charge in [0.05, 0.1) is 23.8 Å². The Morgan fingerprint density at radius 1 is 1.65 bits per heavy atom. The molecular formula is C11H19N3O2S. The van der Waals surface area contributed by atoms with Crippen LogP contribution in [0.1, 0.15) is 31.3 Å². The van der Waals surface area contributed by atoms with Crippen LogP contribution in [0.2, 0.25) is 0 Å². The van der Waals surface area contributed by atoms with Gasteiger partial charge in [-0.25, -0.2) is 4.98 Å². The molecule has 1 amide bonds. The number of thiazole rings is 1. The smallest absolute Gasteiger partial charge is 0.225 e.